The lowest BCUT2D eigenvalue weighted by Gasteiger charge is -2.09. The van der Waals surface area contributed by atoms with E-state index in [2.05, 4.69) is 15.3 Å². The lowest BCUT2D eigenvalue weighted by molar-refractivity contribution is -0.384. The predicted octanol–water partition coefficient (Wildman–Crippen LogP) is 1.97. The third-order valence-corrected chi connectivity index (χ3v) is 2.77. The average molecular weight is 285 g/mol. The van der Waals surface area contributed by atoms with E-state index in [1.54, 1.807) is 19.2 Å². The summed E-state index contributed by atoms with van der Waals surface area (Å²) < 4.78 is 5.19. The van der Waals surface area contributed by atoms with Gasteiger partial charge < -0.3 is 10.1 Å². The van der Waals surface area contributed by atoms with E-state index in [0.717, 1.165) is 6.20 Å². The van der Waals surface area contributed by atoms with Crippen molar-refractivity contribution in [1.82, 2.24) is 9.97 Å². The number of nitro groups is 1. The number of nitrogens with zero attached hydrogens (tertiary/aromatic N) is 4. The summed E-state index contributed by atoms with van der Waals surface area (Å²) in [6.45, 7) is 0. The Kier molecular flexibility index (Phi) is 3.95. The van der Waals surface area contributed by atoms with Crippen LogP contribution in [0.25, 0.3) is 11.3 Å². The molecule has 106 valence electrons. The summed E-state index contributed by atoms with van der Waals surface area (Å²) >= 11 is 0. The highest BCUT2D eigenvalue weighted by Crippen LogP contribution is 2.35. The summed E-state index contributed by atoms with van der Waals surface area (Å²) in [6, 6.07) is 6.61. The quantitative estimate of drug-likeness (QED) is 0.674. The van der Waals surface area contributed by atoms with Crippen LogP contribution in [-0.2, 0) is 0 Å². The molecule has 2 rings (SSSR count). The van der Waals surface area contributed by atoms with E-state index < -0.39 is 4.92 Å². The van der Waals surface area contributed by atoms with Crippen LogP contribution in [0.3, 0.4) is 0 Å². The van der Waals surface area contributed by atoms with E-state index >= 15 is 0 Å². The number of hydrogen-bond donors (Lipinski definition) is 1. The predicted molar refractivity (Wildman–Crippen MR) is 74.9 cm³/mol. The number of rotatable bonds is 4. The third-order valence-electron chi connectivity index (χ3n) is 2.77. The van der Waals surface area contributed by atoms with Gasteiger partial charge in [-0.3, -0.25) is 10.1 Å². The maximum atomic E-state index is 11.1. The maximum Gasteiger partial charge on any atom is 0.313 e. The smallest absolute Gasteiger partial charge is 0.313 e. The van der Waals surface area contributed by atoms with Gasteiger partial charge in [0.25, 0.3) is 0 Å². The first-order chi connectivity index (χ1) is 10.1. The molecule has 0 bridgehead atoms. The molecule has 1 aromatic carbocycles. The Bertz CT molecular complexity index is 739. The first-order valence-corrected chi connectivity index (χ1v) is 5.88. The van der Waals surface area contributed by atoms with Crippen molar-refractivity contribution >= 4 is 11.6 Å². The standard InChI is InChI=1S/C13H11N5O3/c1-15-13-16-7-10(18(19)20)12(17-13)9-5-8(6-14)3-4-11(9)21-2/h3-5,7H,1-2H3,(H,15,16,17). The molecule has 0 saturated heterocycles. The van der Waals surface area contributed by atoms with Crippen LogP contribution in [0.4, 0.5) is 11.6 Å². The fraction of sp³-hybridized carbons (Fsp3) is 0.154. The van der Waals surface area contributed by atoms with Crippen molar-refractivity contribution in [2.24, 2.45) is 0 Å². The largest absolute Gasteiger partial charge is 0.496 e. The molecule has 1 aromatic heterocycles. The molecule has 0 aliphatic carbocycles. The summed E-state index contributed by atoms with van der Waals surface area (Å²) in [5, 5.41) is 22.8. The van der Waals surface area contributed by atoms with Gasteiger partial charge in [-0.15, -0.1) is 0 Å². The Morgan fingerprint density at radius 2 is 2.24 bits per heavy atom. The molecule has 2 aromatic rings. The highest BCUT2D eigenvalue weighted by Gasteiger charge is 2.22. The molecule has 0 unspecified atom stereocenters. The number of ether oxygens (including phenoxy) is 1. The number of methoxy groups -OCH3 is 1. The van der Waals surface area contributed by atoms with Crippen molar-refractivity contribution < 1.29 is 9.66 Å². The van der Waals surface area contributed by atoms with Crippen molar-refractivity contribution in [3.05, 3.63) is 40.1 Å². The number of hydrogen-bond acceptors (Lipinski definition) is 7. The van der Waals surface area contributed by atoms with Crippen LogP contribution < -0.4 is 10.1 Å². The molecule has 0 spiro atoms. The zero-order valence-corrected chi connectivity index (χ0v) is 11.3. The highest BCUT2D eigenvalue weighted by atomic mass is 16.6. The molecule has 1 N–H and O–H groups in total. The minimum atomic E-state index is -0.576. The third kappa shape index (κ3) is 2.71. The van der Waals surface area contributed by atoms with E-state index in [9.17, 15) is 10.1 Å². The van der Waals surface area contributed by atoms with Crippen LogP contribution in [-0.4, -0.2) is 29.0 Å². The molecule has 0 amide bonds. The van der Waals surface area contributed by atoms with Crippen molar-refractivity contribution in [2.45, 2.75) is 0 Å². The van der Waals surface area contributed by atoms with Crippen LogP contribution in [0.15, 0.2) is 24.4 Å². The fourth-order valence-electron chi connectivity index (χ4n) is 1.79. The van der Waals surface area contributed by atoms with Crippen LogP contribution in [0.5, 0.6) is 5.75 Å². The second-order valence-electron chi connectivity index (χ2n) is 3.96. The molecule has 21 heavy (non-hydrogen) atoms. The molecule has 0 aliphatic heterocycles. The molecule has 0 atom stereocenters. The summed E-state index contributed by atoms with van der Waals surface area (Å²) in [5.41, 5.74) is 0.544. The Balaban J connectivity index is 2.75. The maximum absolute atomic E-state index is 11.1. The summed E-state index contributed by atoms with van der Waals surface area (Å²) in [7, 11) is 3.05. The second-order valence-corrected chi connectivity index (χ2v) is 3.96. The van der Waals surface area contributed by atoms with Crippen molar-refractivity contribution in [3.8, 4) is 23.1 Å². The van der Waals surface area contributed by atoms with Gasteiger partial charge in [0, 0.05) is 7.05 Å². The highest BCUT2D eigenvalue weighted by molar-refractivity contribution is 5.76. The molecule has 8 heteroatoms. The molecule has 0 radical (unpaired) electrons. The van der Waals surface area contributed by atoms with Crippen LogP contribution in [0.1, 0.15) is 5.56 Å². The van der Waals surface area contributed by atoms with Gasteiger partial charge in [-0.2, -0.15) is 5.26 Å². The Labute approximate surface area is 120 Å². The van der Waals surface area contributed by atoms with Gasteiger partial charge in [0.05, 0.1) is 29.2 Å². The van der Waals surface area contributed by atoms with Gasteiger partial charge in [0.15, 0.2) is 5.69 Å². The Morgan fingerprint density at radius 3 is 2.81 bits per heavy atom. The number of nitrogens with one attached hydrogen (secondary N) is 1. The molecular weight excluding hydrogens is 274 g/mol. The van der Waals surface area contributed by atoms with Crippen LogP contribution in [0.2, 0.25) is 0 Å². The number of benzene rings is 1. The first kappa shape index (κ1) is 14.2. The number of nitriles is 1. The van der Waals surface area contributed by atoms with Gasteiger partial charge in [-0.25, -0.2) is 9.97 Å². The van der Waals surface area contributed by atoms with Crippen molar-refractivity contribution in [1.29, 1.82) is 5.26 Å². The minimum absolute atomic E-state index is 0.0910. The van der Waals surface area contributed by atoms with Gasteiger partial charge in [-0.05, 0) is 18.2 Å². The lowest BCUT2D eigenvalue weighted by atomic mass is 10.1. The van der Waals surface area contributed by atoms with E-state index in [-0.39, 0.29) is 17.3 Å². The van der Waals surface area contributed by atoms with E-state index in [1.165, 1.54) is 13.2 Å². The number of anilines is 1. The molecule has 8 nitrogen and oxygen atoms in total. The monoisotopic (exact) mass is 285 g/mol. The zero-order valence-electron chi connectivity index (χ0n) is 11.3. The summed E-state index contributed by atoms with van der Waals surface area (Å²) in [6.07, 6.45) is 1.12. The lowest BCUT2D eigenvalue weighted by Crippen LogP contribution is -2.02. The van der Waals surface area contributed by atoms with Gasteiger partial charge in [-0.1, -0.05) is 0 Å². The van der Waals surface area contributed by atoms with E-state index in [1.807, 2.05) is 6.07 Å². The van der Waals surface area contributed by atoms with E-state index in [4.69, 9.17) is 10.00 Å². The Morgan fingerprint density at radius 1 is 1.48 bits per heavy atom. The van der Waals surface area contributed by atoms with Crippen LogP contribution in [0, 0.1) is 21.4 Å². The van der Waals surface area contributed by atoms with Crippen LogP contribution >= 0.6 is 0 Å². The molecule has 0 fully saturated rings. The summed E-state index contributed by atoms with van der Waals surface area (Å²) in [5.74, 6) is 0.623. The molecule has 0 saturated carbocycles. The normalized spacial score (nSPS) is 9.76. The summed E-state index contributed by atoms with van der Waals surface area (Å²) in [4.78, 5) is 18.5. The van der Waals surface area contributed by atoms with Crippen molar-refractivity contribution in [3.63, 3.8) is 0 Å². The zero-order chi connectivity index (χ0) is 15.4. The SMILES string of the molecule is CNc1ncc([N+](=O)[O-])c(-c2cc(C#N)ccc2OC)n1. The molecule has 1 heterocycles. The number of aromatic nitrogens is 2. The van der Waals surface area contributed by atoms with Gasteiger partial charge >= 0.3 is 5.69 Å². The molecular formula is C13H11N5O3. The van der Waals surface area contributed by atoms with Gasteiger partial charge in [0.2, 0.25) is 5.95 Å². The average Bonchev–Trinajstić information content (AvgIpc) is 2.53. The van der Waals surface area contributed by atoms with Crippen molar-refractivity contribution in [2.75, 3.05) is 19.5 Å². The molecule has 0 aliphatic rings. The van der Waals surface area contributed by atoms with Gasteiger partial charge in [0.1, 0.15) is 11.9 Å². The first-order valence-electron chi connectivity index (χ1n) is 5.88. The van der Waals surface area contributed by atoms with E-state index in [0.29, 0.717) is 16.9 Å². The topological polar surface area (TPSA) is 114 Å². The fourth-order valence-corrected chi connectivity index (χ4v) is 1.79. The second kappa shape index (κ2) is 5.83. The minimum Gasteiger partial charge on any atom is -0.496 e. The Hall–Kier alpha value is -3.21.